The minimum absolute atomic E-state index is 0.167. The van der Waals surface area contributed by atoms with Gasteiger partial charge in [-0.1, -0.05) is 83.6 Å². The van der Waals surface area contributed by atoms with Gasteiger partial charge in [0.15, 0.2) is 4.80 Å². The molecule has 1 aliphatic rings. The monoisotopic (exact) mass is 702 g/mol. The fourth-order valence-electron chi connectivity index (χ4n) is 5.02. The second kappa shape index (κ2) is 13.4. The van der Waals surface area contributed by atoms with E-state index in [4.69, 9.17) is 26.1 Å². The van der Waals surface area contributed by atoms with Gasteiger partial charge in [0.05, 0.1) is 32.9 Å². The van der Waals surface area contributed by atoms with Gasteiger partial charge < -0.3 is 9.47 Å². The normalized spacial score (nSPS) is 14.6. The molecular weight excluding hydrogens is 679 g/mol. The Balaban J connectivity index is 1.45. The minimum atomic E-state index is -0.788. The van der Waals surface area contributed by atoms with E-state index in [1.807, 2.05) is 42.5 Å². The van der Waals surface area contributed by atoms with Crippen molar-refractivity contribution >= 4 is 56.6 Å². The first-order valence-corrected chi connectivity index (χ1v) is 16.0. The van der Waals surface area contributed by atoms with Gasteiger partial charge in [-0.25, -0.2) is 14.2 Å². The molecule has 45 heavy (non-hydrogen) atoms. The summed E-state index contributed by atoms with van der Waals surface area (Å²) >= 11 is 11.0. The van der Waals surface area contributed by atoms with Gasteiger partial charge in [-0.05, 0) is 82.0 Å². The van der Waals surface area contributed by atoms with Crippen molar-refractivity contribution in [2.45, 2.75) is 19.6 Å². The summed E-state index contributed by atoms with van der Waals surface area (Å²) in [6, 6.07) is 27.3. The molecule has 1 atom stereocenters. The molecule has 0 fully saturated rings. The average Bonchev–Trinajstić information content (AvgIpc) is 3.35. The van der Waals surface area contributed by atoms with Gasteiger partial charge in [0.25, 0.3) is 5.56 Å². The highest BCUT2D eigenvalue weighted by molar-refractivity contribution is 9.10. The molecule has 226 valence electrons. The molecule has 0 N–H and O–H groups in total. The van der Waals surface area contributed by atoms with Crippen LogP contribution in [0.25, 0.3) is 11.8 Å². The van der Waals surface area contributed by atoms with Crippen LogP contribution in [0.15, 0.2) is 117 Å². The number of carbonyl (C=O) groups is 1. The van der Waals surface area contributed by atoms with E-state index in [-0.39, 0.29) is 30.2 Å². The molecular formula is C35H25BrClFN2O4S. The molecule has 0 unspecified atom stereocenters. The highest BCUT2D eigenvalue weighted by Gasteiger charge is 2.35. The van der Waals surface area contributed by atoms with Gasteiger partial charge in [0.2, 0.25) is 0 Å². The van der Waals surface area contributed by atoms with Crippen LogP contribution in [0.4, 0.5) is 4.39 Å². The fraction of sp³-hybridized carbons (Fsp3) is 0.114. The molecule has 0 saturated carbocycles. The highest BCUT2D eigenvalue weighted by atomic mass is 79.9. The Bertz CT molecular complexity index is 2090. The SMILES string of the molecule is CCOC(=O)C1=C(c2ccccc2)N=c2s/c(=C\c3ccc(OCc4ccc(F)cc4)c(Br)c3)c(=O)n2[C@H]1c1ccc(Cl)cc1. The number of esters is 1. The first-order chi connectivity index (χ1) is 21.8. The van der Waals surface area contributed by atoms with Crippen molar-refractivity contribution in [2.75, 3.05) is 6.61 Å². The average molecular weight is 704 g/mol. The van der Waals surface area contributed by atoms with E-state index in [1.54, 1.807) is 60.0 Å². The molecule has 1 aromatic heterocycles. The van der Waals surface area contributed by atoms with Crippen molar-refractivity contribution in [3.05, 3.63) is 160 Å². The summed E-state index contributed by atoms with van der Waals surface area (Å²) in [7, 11) is 0. The predicted octanol–water partition coefficient (Wildman–Crippen LogP) is 7.07. The summed E-state index contributed by atoms with van der Waals surface area (Å²) in [5.41, 5.74) is 3.46. The van der Waals surface area contributed by atoms with Crippen LogP contribution >= 0.6 is 38.9 Å². The minimum Gasteiger partial charge on any atom is -0.488 e. The number of halogens is 3. The summed E-state index contributed by atoms with van der Waals surface area (Å²) < 4.78 is 27.3. The number of hydrogen-bond donors (Lipinski definition) is 0. The van der Waals surface area contributed by atoms with E-state index in [9.17, 15) is 14.0 Å². The Morgan fingerprint density at radius 1 is 1.04 bits per heavy atom. The van der Waals surface area contributed by atoms with Crippen molar-refractivity contribution in [3.8, 4) is 5.75 Å². The Labute approximate surface area is 275 Å². The Kier molecular flexibility index (Phi) is 9.11. The lowest BCUT2D eigenvalue weighted by Gasteiger charge is -2.25. The molecule has 6 nitrogen and oxygen atoms in total. The molecule has 0 bridgehead atoms. The number of ether oxygens (including phenoxy) is 2. The van der Waals surface area contributed by atoms with Crippen LogP contribution in [-0.4, -0.2) is 17.1 Å². The van der Waals surface area contributed by atoms with Gasteiger partial charge in [-0.2, -0.15) is 0 Å². The zero-order chi connectivity index (χ0) is 31.5. The first kappa shape index (κ1) is 30.7. The molecule has 0 spiro atoms. The molecule has 6 rings (SSSR count). The zero-order valence-corrected chi connectivity index (χ0v) is 27.0. The number of aromatic nitrogens is 1. The zero-order valence-electron chi connectivity index (χ0n) is 23.9. The number of nitrogens with zero attached hydrogens (tertiary/aromatic N) is 2. The number of fused-ring (bicyclic) bond motifs is 1. The maximum absolute atomic E-state index is 14.1. The Morgan fingerprint density at radius 3 is 2.47 bits per heavy atom. The van der Waals surface area contributed by atoms with Crippen LogP contribution in [0, 0.1) is 5.82 Å². The van der Waals surface area contributed by atoms with E-state index in [2.05, 4.69) is 15.9 Å². The summed E-state index contributed by atoms with van der Waals surface area (Å²) in [4.78, 5) is 33.0. The number of rotatable bonds is 8. The van der Waals surface area contributed by atoms with Crippen LogP contribution in [0.5, 0.6) is 5.75 Å². The Hall–Kier alpha value is -4.31. The summed E-state index contributed by atoms with van der Waals surface area (Å²) in [6.45, 7) is 2.18. The quantitative estimate of drug-likeness (QED) is 0.162. The lowest BCUT2D eigenvalue weighted by Crippen LogP contribution is -2.40. The number of hydrogen-bond acceptors (Lipinski definition) is 6. The second-order valence-corrected chi connectivity index (χ2v) is 12.4. The molecule has 0 amide bonds. The molecule has 2 heterocycles. The van der Waals surface area contributed by atoms with E-state index in [0.717, 1.165) is 16.7 Å². The van der Waals surface area contributed by atoms with Gasteiger partial charge in [-0.3, -0.25) is 9.36 Å². The highest BCUT2D eigenvalue weighted by Crippen LogP contribution is 2.35. The molecule has 0 aliphatic carbocycles. The fourth-order valence-corrected chi connectivity index (χ4v) is 6.66. The third-order valence-corrected chi connectivity index (χ3v) is 8.98. The van der Waals surface area contributed by atoms with Crippen molar-refractivity contribution < 1.29 is 18.7 Å². The van der Waals surface area contributed by atoms with Crippen molar-refractivity contribution in [3.63, 3.8) is 0 Å². The standard InChI is InChI=1S/C35H25BrClFN2O4S/c1-2-43-34(42)30-31(23-6-4-3-5-7-23)39-35-40(32(30)24-11-13-25(37)14-12-24)33(41)29(45-35)19-22-10-17-28(27(36)18-22)44-20-21-8-15-26(38)16-9-21/h3-19,32H,2,20H2,1H3/b29-19-/t32-/m0/s1. The van der Waals surface area contributed by atoms with E-state index in [1.165, 1.54) is 23.5 Å². The second-order valence-electron chi connectivity index (χ2n) is 10.1. The van der Waals surface area contributed by atoms with Crippen LogP contribution in [0.2, 0.25) is 5.02 Å². The number of carbonyl (C=O) groups excluding carboxylic acids is 1. The van der Waals surface area contributed by atoms with Crippen molar-refractivity contribution in [2.24, 2.45) is 4.99 Å². The number of thiazole rings is 1. The third-order valence-electron chi connectivity index (χ3n) is 7.12. The van der Waals surface area contributed by atoms with Gasteiger partial charge in [-0.15, -0.1) is 0 Å². The summed E-state index contributed by atoms with van der Waals surface area (Å²) in [5, 5.41) is 0.534. The Morgan fingerprint density at radius 2 is 1.78 bits per heavy atom. The van der Waals surface area contributed by atoms with E-state index < -0.39 is 12.0 Å². The summed E-state index contributed by atoms with van der Waals surface area (Å²) in [6.07, 6.45) is 1.79. The maximum Gasteiger partial charge on any atom is 0.338 e. The predicted molar refractivity (Wildman–Crippen MR) is 177 cm³/mol. The summed E-state index contributed by atoms with van der Waals surface area (Å²) in [5.74, 6) is -0.246. The molecule has 10 heteroatoms. The molecule has 0 saturated heterocycles. The lowest BCUT2D eigenvalue weighted by molar-refractivity contribution is -0.138. The largest absolute Gasteiger partial charge is 0.488 e. The van der Waals surface area contributed by atoms with Gasteiger partial charge in [0.1, 0.15) is 18.2 Å². The van der Waals surface area contributed by atoms with Crippen LogP contribution in [-0.2, 0) is 16.1 Å². The number of benzene rings is 4. The molecule has 5 aromatic rings. The smallest absolute Gasteiger partial charge is 0.338 e. The van der Waals surface area contributed by atoms with Crippen LogP contribution in [0.3, 0.4) is 0 Å². The van der Waals surface area contributed by atoms with Crippen LogP contribution in [0.1, 0.15) is 35.2 Å². The van der Waals surface area contributed by atoms with E-state index in [0.29, 0.717) is 35.8 Å². The van der Waals surface area contributed by atoms with Gasteiger partial charge in [0, 0.05) is 10.6 Å². The lowest BCUT2D eigenvalue weighted by atomic mass is 9.93. The van der Waals surface area contributed by atoms with Crippen molar-refractivity contribution in [1.82, 2.24) is 4.57 Å². The van der Waals surface area contributed by atoms with Gasteiger partial charge >= 0.3 is 5.97 Å². The van der Waals surface area contributed by atoms with E-state index >= 15 is 0 Å². The molecule has 0 radical (unpaired) electrons. The topological polar surface area (TPSA) is 69.9 Å². The van der Waals surface area contributed by atoms with Crippen LogP contribution < -0.4 is 19.6 Å². The first-order valence-electron chi connectivity index (χ1n) is 14.0. The maximum atomic E-state index is 14.1. The molecule has 4 aromatic carbocycles. The third kappa shape index (κ3) is 6.56. The molecule has 1 aliphatic heterocycles. The van der Waals surface area contributed by atoms with Crippen molar-refractivity contribution in [1.29, 1.82) is 0 Å².